The number of carbonyl (C=O) groups is 1. The predicted molar refractivity (Wildman–Crippen MR) is 36.3 cm³/mol. The lowest BCUT2D eigenvalue weighted by molar-refractivity contribution is -0.131. The van der Waals surface area contributed by atoms with Gasteiger partial charge < -0.3 is 4.90 Å². The number of alkyl halides is 1. The van der Waals surface area contributed by atoms with Crippen LogP contribution in [0.1, 0.15) is 13.3 Å². The third-order valence-corrected chi connectivity index (χ3v) is 1.98. The van der Waals surface area contributed by atoms with Gasteiger partial charge >= 0.3 is 0 Å². The Bertz CT molecular complexity index is 124. The Kier molecular flexibility index (Phi) is 2.25. The molecule has 1 aliphatic heterocycles. The van der Waals surface area contributed by atoms with Gasteiger partial charge in [0.15, 0.2) is 0 Å². The van der Waals surface area contributed by atoms with Gasteiger partial charge in [-0.05, 0) is 13.3 Å². The molecule has 1 rings (SSSR count). The second-order valence-corrected chi connectivity index (χ2v) is 2.56. The molecule has 0 saturated carbocycles. The minimum atomic E-state index is -0.491. The van der Waals surface area contributed by atoms with Gasteiger partial charge in [-0.3, -0.25) is 9.18 Å². The van der Waals surface area contributed by atoms with Crippen molar-refractivity contribution < 1.29 is 9.18 Å². The number of hydrogen-bond acceptors (Lipinski definition) is 1. The van der Waals surface area contributed by atoms with E-state index in [0.29, 0.717) is 6.42 Å². The lowest BCUT2D eigenvalue weighted by Gasteiger charge is -2.11. The van der Waals surface area contributed by atoms with E-state index in [2.05, 4.69) is 0 Å². The van der Waals surface area contributed by atoms with Crippen LogP contribution in [0.15, 0.2) is 0 Å². The molecule has 1 atom stereocenters. The summed E-state index contributed by atoms with van der Waals surface area (Å²) >= 11 is 0. The number of carbonyl (C=O) groups excluding carboxylic acids is 1. The van der Waals surface area contributed by atoms with Crippen molar-refractivity contribution in [1.82, 2.24) is 4.90 Å². The monoisotopic (exact) mass is 145 g/mol. The fraction of sp³-hybridized carbons (Fsp3) is 0.857. The van der Waals surface area contributed by atoms with E-state index in [1.54, 1.807) is 4.90 Å². The third kappa shape index (κ3) is 1.13. The summed E-state index contributed by atoms with van der Waals surface area (Å²) in [5.74, 6) is -0.343. The Hall–Kier alpha value is -0.600. The Balaban J connectivity index is 2.49. The summed E-state index contributed by atoms with van der Waals surface area (Å²) in [4.78, 5) is 12.8. The van der Waals surface area contributed by atoms with Crippen LogP contribution in [-0.2, 0) is 4.79 Å². The topological polar surface area (TPSA) is 20.3 Å². The van der Waals surface area contributed by atoms with Gasteiger partial charge in [0, 0.05) is 13.1 Å². The number of hydrogen-bond donors (Lipinski definition) is 0. The molecular formula is C7H12FNO. The van der Waals surface area contributed by atoms with Gasteiger partial charge in [-0.15, -0.1) is 0 Å². The molecule has 1 saturated heterocycles. The molecule has 3 heteroatoms. The molecule has 1 unspecified atom stereocenters. The number of nitrogens with zero attached hydrogens (tertiary/aromatic N) is 1. The van der Waals surface area contributed by atoms with E-state index in [1.165, 1.54) is 0 Å². The second kappa shape index (κ2) is 2.99. The first-order valence-corrected chi connectivity index (χ1v) is 3.64. The van der Waals surface area contributed by atoms with Crippen molar-refractivity contribution in [1.29, 1.82) is 0 Å². The molecule has 1 fully saturated rings. The van der Waals surface area contributed by atoms with Crippen LogP contribution in [0.2, 0.25) is 0 Å². The average Bonchev–Trinajstić information content (AvgIpc) is 2.30. The molecule has 58 valence electrons. The highest BCUT2D eigenvalue weighted by Crippen LogP contribution is 2.17. The molecule has 0 N–H and O–H groups in total. The molecule has 0 aromatic heterocycles. The van der Waals surface area contributed by atoms with Gasteiger partial charge in [-0.2, -0.15) is 0 Å². The molecule has 1 aliphatic rings. The Morgan fingerprint density at radius 1 is 1.80 bits per heavy atom. The van der Waals surface area contributed by atoms with Gasteiger partial charge in [-0.25, -0.2) is 0 Å². The first kappa shape index (κ1) is 7.51. The van der Waals surface area contributed by atoms with Crippen LogP contribution in [0.5, 0.6) is 0 Å². The van der Waals surface area contributed by atoms with Crippen molar-refractivity contribution in [2.75, 3.05) is 19.8 Å². The molecule has 1 heterocycles. The van der Waals surface area contributed by atoms with Crippen molar-refractivity contribution in [2.24, 2.45) is 5.92 Å². The van der Waals surface area contributed by atoms with Crippen molar-refractivity contribution >= 4 is 5.91 Å². The van der Waals surface area contributed by atoms with Crippen LogP contribution < -0.4 is 0 Å². The summed E-state index contributed by atoms with van der Waals surface area (Å²) in [6, 6.07) is 0. The zero-order valence-corrected chi connectivity index (χ0v) is 6.14. The van der Waals surface area contributed by atoms with E-state index in [0.717, 1.165) is 13.1 Å². The molecule has 0 aliphatic carbocycles. The molecule has 10 heavy (non-hydrogen) atoms. The van der Waals surface area contributed by atoms with Crippen molar-refractivity contribution in [3.63, 3.8) is 0 Å². The quantitative estimate of drug-likeness (QED) is 0.563. The highest BCUT2D eigenvalue weighted by atomic mass is 19.1. The lowest BCUT2D eigenvalue weighted by atomic mass is 10.1. The zero-order valence-electron chi connectivity index (χ0n) is 6.14. The van der Waals surface area contributed by atoms with Crippen molar-refractivity contribution in [3.05, 3.63) is 0 Å². The standard InChI is InChI=1S/C7H12FNO/c1-2-9-4-3-6(5-8)7(9)10/h6H,2-5H2,1H3. The molecule has 0 bridgehead atoms. The summed E-state index contributed by atoms with van der Waals surface area (Å²) in [6.45, 7) is 2.88. The normalized spacial score (nSPS) is 26.0. The lowest BCUT2D eigenvalue weighted by Crippen LogP contribution is -2.27. The summed E-state index contributed by atoms with van der Waals surface area (Å²) < 4.78 is 12.0. The minimum Gasteiger partial charge on any atom is -0.343 e. The third-order valence-electron chi connectivity index (χ3n) is 1.98. The molecule has 0 aromatic carbocycles. The molecule has 1 amide bonds. The Labute approximate surface area is 60.0 Å². The largest absolute Gasteiger partial charge is 0.343 e. The first-order valence-electron chi connectivity index (χ1n) is 3.64. The summed E-state index contributed by atoms with van der Waals surface area (Å²) in [7, 11) is 0. The van der Waals surface area contributed by atoms with Crippen LogP contribution >= 0.6 is 0 Å². The smallest absolute Gasteiger partial charge is 0.228 e. The van der Waals surface area contributed by atoms with Gasteiger partial charge in [0.1, 0.15) is 6.67 Å². The molecular weight excluding hydrogens is 133 g/mol. The van der Waals surface area contributed by atoms with Crippen molar-refractivity contribution in [3.8, 4) is 0 Å². The van der Waals surface area contributed by atoms with E-state index in [1.807, 2.05) is 6.92 Å². The number of amides is 1. The van der Waals surface area contributed by atoms with Gasteiger partial charge in [0.05, 0.1) is 5.92 Å². The highest BCUT2D eigenvalue weighted by Gasteiger charge is 2.29. The molecule has 0 spiro atoms. The fourth-order valence-corrected chi connectivity index (χ4v) is 1.26. The van der Waals surface area contributed by atoms with Crippen LogP contribution in [0.3, 0.4) is 0 Å². The van der Waals surface area contributed by atoms with E-state index in [9.17, 15) is 9.18 Å². The Morgan fingerprint density at radius 2 is 2.50 bits per heavy atom. The maximum absolute atomic E-state index is 12.0. The molecule has 0 aromatic rings. The van der Waals surface area contributed by atoms with E-state index in [4.69, 9.17) is 0 Å². The maximum atomic E-state index is 12.0. The highest BCUT2D eigenvalue weighted by molar-refractivity contribution is 5.80. The summed E-state index contributed by atoms with van der Waals surface area (Å²) in [5, 5.41) is 0. The van der Waals surface area contributed by atoms with E-state index < -0.39 is 6.67 Å². The van der Waals surface area contributed by atoms with Crippen LogP contribution in [-0.4, -0.2) is 30.6 Å². The maximum Gasteiger partial charge on any atom is 0.228 e. The predicted octanol–water partition coefficient (Wildman–Crippen LogP) is 0.824. The van der Waals surface area contributed by atoms with Gasteiger partial charge in [0.25, 0.3) is 0 Å². The van der Waals surface area contributed by atoms with Gasteiger partial charge in [-0.1, -0.05) is 0 Å². The first-order chi connectivity index (χ1) is 4.79. The number of likely N-dealkylation sites (tertiary alicyclic amines) is 1. The van der Waals surface area contributed by atoms with Crippen LogP contribution in [0.4, 0.5) is 4.39 Å². The second-order valence-electron chi connectivity index (χ2n) is 2.56. The van der Waals surface area contributed by atoms with E-state index >= 15 is 0 Å². The van der Waals surface area contributed by atoms with Crippen LogP contribution in [0.25, 0.3) is 0 Å². The van der Waals surface area contributed by atoms with Gasteiger partial charge in [0.2, 0.25) is 5.91 Å². The van der Waals surface area contributed by atoms with Crippen molar-refractivity contribution in [2.45, 2.75) is 13.3 Å². The summed E-state index contributed by atoms with van der Waals surface area (Å²) in [5.41, 5.74) is 0. The molecule has 2 nitrogen and oxygen atoms in total. The minimum absolute atomic E-state index is 0.00926. The summed E-state index contributed by atoms with van der Waals surface area (Å²) in [6.07, 6.45) is 0.698. The Morgan fingerprint density at radius 3 is 2.80 bits per heavy atom. The van der Waals surface area contributed by atoms with E-state index in [-0.39, 0.29) is 11.8 Å². The number of halogens is 1. The zero-order chi connectivity index (χ0) is 7.56. The number of rotatable bonds is 2. The fourth-order valence-electron chi connectivity index (χ4n) is 1.26. The molecule has 0 radical (unpaired) electrons. The average molecular weight is 145 g/mol. The SMILES string of the molecule is CCN1CCC(CF)C1=O. The van der Waals surface area contributed by atoms with Crippen LogP contribution in [0, 0.1) is 5.92 Å².